The summed E-state index contributed by atoms with van der Waals surface area (Å²) in [6.45, 7) is 6.40. The van der Waals surface area contributed by atoms with E-state index < -0.39 is 5.91 Å². The summed E-state index contributed by atoms with van der Waals surface area (Å²) in [7, 11) is 0. The normalized spacial score (nSPS) is 12.4. The summed E-state index contributed by atoms with van der Waals surface area (Å²) in [5, 5.41) is 15.8. The van der Waals surface area contributed by atoms with Crippen molar-refractivity contribution < 1.29 is 4.79 Å². The fourth-order valence-electron chi connectivity index (χ4n) is 4.50. The molecule has 0 aliphatic heterocycles. The Kier molecular flexibility index (Phi) is 8.10. The maximum atomic E-state index is 11.4. The lowest BCUT2D eigenvalue weighted by molar-refractivity contribution is 0.100. The van der Waals surface area contributed by atoms with Gasteiger partial charge in [-0.2, -0.15) is 5.26 Å². The van der Waals surface area contributed by atoms with Crippen LogP contribution in [0.5, 0.6) is 0 Å². The van der Waals surface area contributed by atoms with Gasteiger partial charge in [-0.25, -0.2) is 0 Å². The molecule has 4 nitrogen and oxygen atoms in total. The van der Waals surface area contributed by atoms with Crippen molar-refractivity contribution in [3.63, 3.8) is 0 Å². The molecule has 0 aliphatic carbocycles. The van der Waals surface area contributed by atoms with E-state index in [2.05, 4.69) is 54.4 Å². The molecule has 182 valence electrons. The second-order valence-electron chi connectivity index (χ2n) is 8.70. The first-order valence-electron chi connectivity index (χ1n) is 12.1. The molecule has 0 fully saturated rings. The van der Waals surface area contributed by atoms with Crippen LogP contribution in [-0.2, 0) is 6.54 Å². The number of primary amides is 1. The molecular formula is C33H29N3O. The second kappa shape index (κ2) is 11.8. The Morgan fingerprint density at radius 3 is 2.49 bits per heavy atom. The van der Waals surface area contributed by atoms with Crippen LogP contribution in [0.2, 0.25) is 0 Å². The molecule has 1 unspecified atom stereocenters. The smallest absolute Gasteiger partial charge is 0.248 e. The molecule has 3 N–H and O–H groups in total. The quantitative estimate of drug-likeness (QED) is 0.252. The zero-order chi connectivity index (χ0) is 26.2. The zero-order valence-electron chi connectivity index (χ0n) is 20.8. The molecule has 4 heteroatoms. The highest BCUT2D eigenvalue weighted by atomic mass is 16.1. The van der Waals surface area contributed by atoms with Gasteiger partial charge in [0.2, 0.25) is 5.91 Å². The Morgan fingerprint density at radius 1 is 1.03 bits per heavy atom. The number of nitrogens with zero attached hydrogens (tertiary/aromatic N) is 1. The highest BCUT2D eigenvalue weighted by molar-refractivity contribution is 5.98. The van der Waals surface area contributed by atoms with E-state index >= 15 is 0 Å². The first kappa shape index (κ1) is 25.4. The van der Waals surface area contributed by atoms with Gasteiger partial charge in [-0.15, -0.1) is 0 Å². The van der Waals surface area contributed by atoms with Crippen LogP contribution in [0.3, 0.4) is 0 Å². The highest BCUT2D eigenvalue weighted by Crippen LogP contribution is 2.34. The molecule has 0 spiro atoms. The number of hydrogen-bond acceptors (Lipinski definition) is 3. The van der Waals surface area contributed by atoms with Gasteiger partial charge in [0.15, 0.2) is 0 Å². The summed E-state index contributed by atoms with van der Waals surface area (Å²) >= 11 is 0. The van der Waals surface area contributed by atoms with E-state index in [1.165, 1.54) is 0 Å². The predicted molar refractivity (Wildman–Crippen MR) is 152 cm³/mol. The third-order valence-corrected chi connectivity index (χ3v) is 6.42. The monoisotopic (exact) mass is 483 g/mol. The molecule has 0 saturated carbocycles. The van der Waals surface area contributed by atoms with Crippen molar-refractivity contribution in [2.75, 3.05) is 0 Å². The number of hydrogen-bond donors (Lipinski definition) is 2. The number of carbonyl (C=O) groups excluding carboxylic acids is 1. The summed E-state index contributed by atoms with van der Waals surface area (Å²) in [5.74, 6) is -0.443. The number of nitrogens with two attached hydrogens (primary N) is 1. The Balaban J connectivity index is 1.77. The minimum atomic E-state index is -0.443. The molecule has 1 atom stereocenters. The summed E-state index contributed by atoms with van der Waals surface area (Å²) in [6.07, 6.45) is 7.78. The van der Waals surface area contributed by atoms with Gasteiger partial charge >= 0.3 is 0 Å². The lowest BCUT2D eigenvalue weighted by atomic mass is 9.90. The topological polar surface area (TPSA) is 78.9 Å². The van der Waals surface area contributed by atoms with E-state index in [9.17, 15) is 10.1 Å². The molecule has 0 aliphatic rings. The van der Waals surface area contributed by atoms with Crippen molar-refractivity contribution >= 4 is 16.7 Å². The maximum absolute atomic E-state index is 11.4. The Labute approximate surface area is 218 Å². The number of rotatable bonds is 9. The standard InChI is InChI=1S/C33H29N3O/c1-3-5-9-24(4-2)32(36-22-23-14-16-26(17-15-23)33(35)37)27-18-19-28(21-34)31(20-27)30-13-8-11-25-10-6-7-12-29(25)30/h3-20,32,36H,1,22H2,2H3,(H2,35,37)/b9-5-,24-4+. The minimum absolute atomic E-state index is 0.140. The second-order valence-corrected chi connectivity index (χ2v) is 8.70. The van der Waals surface area contributed by atoms with Gasteiger partial charge in [0.05, 0.1) is 17.7 Å². The van der Waals surface area contributed by atoms with Gasteiger partial charge in [-0.1, -0.05) is 91.5 Å². The Bertz CT molecular complexity index is 1530. The van der Waals surface area contributed by atoms with E-state index in [1.807, 2.05) is 61.5 Å². The largest absolute Gasteiger partial charge is 0.366 e. The molecule has 0 aromatic heterocycles. The van der Waals surface area contributed by atoms with Gasteiger partial charge in [-0.3, -0.25) is 4.79 Å². The van der Waals surface area contributed by atoms with E-state index in [4.69, 9.17) is 5.73 Å². The fraction of sp³-hybridized carbons (Fsp3) is 0.0909. The van der Waals surface area contributed by atoms with Gasteiger partial charge in [0.1, 0.15) is 0 Å². The fourth-order valence-corrected chi connectivity index (χ4v) is 4.50. The van der Waals surface area contributed by atoms with Crippen molar-refractivity contribution in [2.24, 2.45) is 5.73 Å². The molecule has 1 amide bonds. The number of nitriles is 1. The Hall–Kier alpha value is -4.72. The number of carbonyl (C=O) groups is 1. The van der Waals surface area contributed by atoms with Crippen molar-refractivity contribution in [3.05, 3.63) is 144 Å². The molecular weight excluding hydrogens is 454 g/mol. The van der Waals surface area contributed by atoms with Crippen LogP contribution in [0.1, 0.15) is 40.0 Å². The van der Waals surface area contributed by atoms with Crippen LogP contribution in [0, 0.1) is 11.3 Å². The number of nitrogens with one attached hydrogen (secondary N) is 1. The van der Waals surface area contributed by atoms with Crippen LogP contribution < -0.4 is 11.1 Å². The molecule has 37 heavy (non-hydrogen) atoms. The van der Waals surface area contributed by atoms with Gasteiger partial charge in [-0.05, 0) is 64.2 Å². The van der Waals surface area contributed by atoms with Crippen molar-refractivity contribution in [1.29, 1.82) is 5.26 Å². The third-order valence-electron chi connectivity index (χ3n) is 6.42. The van der Waals surface area contributed by atoms with Crippen LogP contribution in [-0.4, -0.2) is 5.91 Å². The SMILES string of the molecule is C=C/C=C\C(=C/C)C(NCc1ccc(C(N)=O)cc1)c1ccc(C#N)c(-c2cccc3ccccc23)c1. The van der Waals surface area contributed by atoms with E-state index in [1.54, 1.807) is 18.2 Å². The summed E-state index contributed by atoms with van der Waals surface area (Å²) < 4.78 is 0. The average Bonchev–Trinajstić information content (AvgIpc) is 2.94. The van der Waals surface area contributed by atoms with Crippen molar-refractivity contribution in [3.8, 4) is 17.2 Å². The van der Waals surface area contributed by atoms with E-state index in [-0.39, 0.29) is 6.04 Å². The minimum Gasteiger partial charge on any atom is -0.366 e. The molecule has 0 bridgehead atoms. The average molecular weight is 484 g/mol. The number of allylic oxidation sites excluding steroid dienone is 3. The van der Waals surface area contributed by atoms with Crippen molar-refractivity contribution in [2.45, 2.75) is 19.5 Å². The van der Waals surface area contributed by atoms with Crippen LogP contribution in [0.25, 0.3) is 21.9 Å². The lowest BCUT2D eigenvalue weighted by Gasteiger charge is -2.22. The molecule has 4 aromatic carbocycles. The number of fused-ring (bicyclic) bond motifs is 1. The zero-order valence-corrected chi connectivity index (χ0v) is 20.8. The van der Waals surface area contributed by atoms with E-state index in [0.29, 0.717) is 17.7 Å². The first-order valence-corrected chi connectivity index (χ1v) is 12.1. The molecule has 4 rings (SSSR count). The van der Waals surface area contributed by atoms with E-state index in [0.717, 1.165) is 38.6 Å². The Morgan fingerprint density at radius 2 is 1.78 bits per heavy atom. The van der Waals surface area contributed by atoms with Crippen molar-refractivity contribution in [1.82, 2.24) is 5.32 Å². The highest BCUT2D eigenvalue weighted by Gasteiger charge is 2.18. The van der Waals surface area contributed by atoms with Crippen LogP contribution >= 0.6 is 0 Å². The van der Waals surface area contributed by atoms with Gasteiger partial charge in [0.25, 0.3) is 0 Å². The molecule has 0 heterocycles. The van der Waals surface area contributed by atoms with Gasteiger partial charge in [0, 0.05) is 17.7 Å². The van der Waals surface area contributed by atoms with Crippen LogP contribution in [0.4, 0.5) is 0 Å². The predicted octanol–water partition coefficient (Wildman–Crippen LogP) is 7.00. The number of amides is 1. The maximum Gasteiger partial charge on any atom is 0.248 e. The van der Waals surface area contributed by atoms with Crippen LogP contribution in [0.15, 0.2) is 121 Å². The molecule has 0 radical (unpaired) electrons. The lowest BCUT2D eigenvalue weighted by Crippen LogP contribution is -2.22. The van der Waals surface area contributed by atoms with Gasteiger partial charge < -0.3 is 11.1 Å². The third kappa shape index (κ3) is 5.75. The summed E-state index contributed by atoms with van der Waals surface area (Å²) in [4.78, 5) is 11.4. The summed E-state index contributed by atoms with van der Waals surface area (Å²) in [5.41, 5.74) is 11.6. The first-order chi connectivity index (χ1) is 18.0. The number of benzene rings is 4. The summed E-state index contributed by atoms with van der Waals surface area (Å²) in [6, 6.07) is 29.9. The molecule has 4 aromatic rings. The molecule has 0 saturated heterocycles.